The molecule has 0 aliphatic heterocycles. The molecular weight excluding hydrogens is 305 g/mol. The van der Waals surface area contributed by atoms with Gasteiger partial charge in [-0.1, -0.05) is 31.5 Å². The van der Waals surface area contributed by atoms with Crippen molar-refractivity contribution in [2.45, 2.75) is 37.7 Å². The van der Waals surface area contributed by atoms with Crippen LogP contribution in [0.15, 0.2) is 23.1 Å². The van der Waals surface area contributed by atoms with Crippen LogP contribution in [0, 0.1) is 11.7 Å². The van der Waals surface area contributed by atoms with Gasteiger partial charge in [-0.2, -0.15) is 0 Å². The first kappa shape index (κ1) is 17.4. The second-order valence-corrected chi connectivity index (χ2v) is 7.61. The monoisotopic (exact) mass is 323 g/mol. The molecule has 0 fully saturated rings. The van der Waals surface area contributed by atoms with Crippen molar-refractivity contribution >= 4 is 21.6 Å². The van der Waals surface area contributed by atoms with Gasteiger partial charge in [0.1, 0.15) is 4.90 Å². The van der Waals surface area contributed by atoms with E-state index in [2.05, 4.69) is 4.72 Å². The summed E-state index contributed by atoms with van der Waals surface area (Å²) in [5.74, 6) is -0.789. The van der Waals surface area contributed by atoms with E-state index in [1.54, 1.807) is 0 Å². The predicted molar refractivity (Wildman–Crippen MR) is 76.7 cm³/mol. The number of aliphatic hydroxyl groups is 1. The molecule has 20 heavy (non-hydrogen) atoms. The van der Waals surface area contributed by atoms with Gasteiger partial charge in [-0.15, -0.1) is 0 Å². The maximum atomic E-state index is 13.7. The van der Waals surface area contributed by atoms with Gasteiger partial charge < -0.3 is 5.11 Å². The first-order valence-corrected chi connectivity index (χ1v) is 8.07. The molecule has 1 atom stereocenters. The molecule has 0 aromatic heterocycles. The van der Waals surface area contributed by atoms with Gasteiger partial charge in [0.25, 0.3) is 0 Å². The summed E-state index contributed by atoms with van der Waals surface area (Å²) in [5.41, 5.74) is -1.20. The molecule has 0 aliphatic carbocycles. The second-order valence-electron chi connectivity index (χ2n) is 5.47. The molecule has 2 N–H and O–H groups in total. The Hall–Kier alpha value is -0.690. The lowest BCUT2D eigenvalue weighted by atomic mass is 9.95. The SMILES string of the molecule is CC(C)CC(C)(O)CNS(=O)(=O)c1cccc(Cl)c1F. The lowest BCUT2D eigenvalue weighted by molar-refractivity contribution is 0.0436. The van der Waals surface area contributed by atoms with Crippen LogP contribution in [-0.4, -0.2) is 25.7 Å². The van der Waals surface area contributed by atoms with Gasteiger partial charge in [-0.05, 0) is 31.4 Å². The van der Waals surface area contributed by atoms with Crippen molar-refractivity contribution in [2.75, 3.05) is 6.54 Å². The van der Waals surface area contributed by atoms with Crippen molar-refractivity contribution in [2.24, 2.45) is 5.92 Å². The molecule has 1 unspecified atom stereocenters. The van der Waals surface area contributed by atoms with Crippen molar-refractivity contribution in [1.82, 2.24) is 4.72 Å². The highest BCUT2D eigenvalue weighted by atomic mass is 35.5. The highest BCUT2D eigenvalue weighted by Crippen LogP contribution is 2.22. The summed E-state index contributed by atoms with van der Waals surface area (Å²) in [5, 5.41) is 9.81. The predicted octanol–water partition coefficient (Wildman–Crippen LogP) is 2.55. The normalized spacial score (nSPS) is 15.3. The maximum Gasteiger partial charge on any atom is 0.243 e. The Balaban J connectivity index is 2.89. The van der Waals surface area contributed by atoms with Crippen LogP contribution in [0.2, 0.25) is 5.02 Å². The van der Waals surface area contributed by atoms with Crippen LogP contribution in [-0.2, 0) is 10.0 Å². The van der Waals surface area contributed by atoms with Crippen molar-refractivity contribution < 1.29 is 17.9 Å². The van der Waals surface area contributed by atoms with Gasteiger partial charge in [-0.25, -0.2) is 17.5 Å². The van der Waals surface area contributed by atoms with Crippen molar-refractivity contribution in [3.05, 3.63) is 29.0 Å². The zero-order valence-corrected chi connectivity index (χ0v) is 13.2. The number of rotatable bonds is 6. The Kier molecular flexibility index (Phi) is 5.54. The second kappa shape index (κ2) is 6.39. The molecule has 1 aromatic rings. The van der Waals surface area contributed by atoms with Gasteiger partial charge in [0, 0.05) is 6.54 Å². The minimum absolute atomic E-state index is 0.195. The molecule has 4 nitrogen and oxygen atoms in total. The van der Waals surface area contributed by atoms with Gasteiger partial charge in [0.2, 0.25) is 10.0 Å². The third-order valence-corrected chi connectivity index (χ3v) is 4.41. The highest BCUT2D eigenvalue weighted by molar-refractivity contribution is 7.89. The van der Waals surface area contributed by atoms with E-state index in [-0.39, 0.29) is 17.5 Å². The molecule has 114 valence electrons. The first-order chi connectivity index (χ1) is 9.05. The van der Waals surface area contributed by atoms with E-state index in [0.717, 1.165) is 6.07 Å². The van der Waals surface area contributed by atoms with Crippen molar-refractivity contribution in [3.8, 4) is 0 Å². The molecular formula is C13H19ClFNO3S. The molecule has 1 rings (SSSR count). The zero-order chi connectivity index (χ0) is 15.6. The molecule has 0 aliphatic rings. The average Bonchev–Trinajstić information content (AvgIpc) is 2.29. The molecule has 0 saturated heterocycles. The van der Waals surface area contributed by atoms with E-state index in [1.165, 1.54) is 19.1 Å². The van der Waals surface area contributed by atoms with Crippen LogP contribution in [0.4, 0.5) is 4.39 Å². The van der Waals surface area contributed by atoms with E-state index in [4.69, 9.17) is 11.6 Å². The average molecular weight is 324 g/mol. The van der Waals surface area contributed by atoms with Gasteiger partial charge in [-0.3, -0.25) is 0 Å². The summed E-state index contributed by atoms with van der Waals surface area (Å²) in [6.07, 6.45) is 0.424. The van der Waals surface area contributed by atoms with Crippen molar-refractivity contribution in [1.29, 1.82) is 0 Å². The van der Waals surface area contributed by atoms with Crippen molar-refractivity contribution in [3.63, 3.8) is 0 Å². The summed E-state index contributed by atoms with van der Waals surface area (Å²) in [7, 11) is -4.05. The number of hydrogen-bond acceptors (Lipinski definition) is 3. The Morgan fingerprint density at radius 1 is 1.45 bits per heavy atom. The molecule has 1 aromatic carbocycles. The van der Waals surface area contributed by atoms with Crippen LogP contribution >= 0.6 is 11.6 Å². The number of sulfonamides is 1. The minimum Gasteiger partial charge on any atom is -0.389 e. The fraction of sp³-hybridized carbons (Fsp3) is 0.538. The maximum absolute atomic E-state index is 13.7. The third-order valence-electron chi connectivity index (χ3n) is 2.70. The number of hydrogen-bond donors (Lipinski definition) is 2. The fourth-order valence-electron chi connectivity index (χ4n) is 1.97. The molecule has 0 spiro atoms. The Morgan fingerprint density at radius 3 is 2.60 bits per heavy atom. The highest BCUT2D eigenvalue weighted by Gasteiger charge is 2.27. The smallest absolute Gasteiger partial charge is 0.243 e. The summed E-state index contributed by atoms with van der Waals surface area (Å²) in [6, 6.07) is 3.75. The van der Waals surface area contributed by atoms with Crippen LogP contribution in [0.1, 0.15) is 27.2 Å². The lowest BCUT2D eigenvalue weighted by Gasteiger charge is -2.25. The summed E-state index contributed by atoms with van der Waals surface area (Å²) >= 11 is 5.56. The Morgan fingerprint density at radius 2 is 2.05 bits per heavy atom. The van der Waals surface area contributed by atoms with Crippen LogP contribution in [0.3, 0.4) is 0 Å². The van der Waals surface area contributed by atoms with Gasteiger partial charge in [0.05, 0.1) is 10.6 Å². The summed E-state index contributed by atoms with van der Waals surface area (Å²) in [4.78, 5) is -0.523. The molecule has 0 saturated carbocycles. The van der Waals surface area contributed by atoms with Crippen LogP contribution < -0.4 is 4.72 Å². The molecule has 0 heterocycles. The molecule has 0 bridgehead atoms. The lowest BCUT2D eigenvalue weighted by Crippen LogP contribution is -2.41. The standard InChI is InChI=1S/C13H19ClFNO3S/c1-9(2)7-13(3,17)8-16-20(18,19)11-6-4-5-10(14)12(11)15/h4-6,9,16-17H,7-8H2,1-3H3. The van der Waals surface area contributed by atoms with E-state index < -0.39 is 26.3 Å². The number of benzene rings is 1. The number of halogens is 2. The third kappa shape index (κ3) is 4.70. The van der Waals surface area contributed by atoms with E-state index in [9.17, 15) is 17.9 Å². The molecule has 0 radical (unpaired) electrons. The quantitative estimate of drug-likeness (QED) is 0.845. The zero-order valence-electron chi connectivity index (χ0n) is 11.7. The van der Waals surface area contributed by atoms with Crippen LogP contribution in [0.25, 0.3) is 0 Å². The minimum atomic E-state index is -4.05. The summed E-state index contributed by atoms with van der Waals surface area (Å²) in [6.45, 7) is 5.17. The van der Waals surface area contributed by atoms with Gasteiger partial charge >= 0.3 is 0 Å². The fourth-order valence-corrected chi connectivity index (χ4v) is 3.46. The molecule has 0 amide bonds. The van der Waals surface area contributed by atoms with E-state index in [1.807, 2.05) is 13.8 Å². The Bertz CT molecular complexity index is 573. The largest absolute Gasteiger partial charge is 0.389 e. The Labute approximate surface area is 124 Å². The number of nitrogens with one attached hydrogen (secondary N) is 1. The van der Waals surface area contributed by atoms with Gasteiger partial charge in [0.15, 0.2) is 5.82 Å². The van der Waals surface area contributed by atoms with E-state index >= 15 is 0 Å². The van der Waals surface area contributed by atoms with E-state index in [0.29, 0.717) is 6.42 Å². The summed E-state index contributed by atoms with van der Waals surface area (Å²) < 4.78 is 40.0. The van der Waals surface area contributed by atoms with Crippen LogP contribution in [0.5, 0.6) is 0 Å². The first-order valence-electron chi connectivity index (χ1n) is 6.21. The topological polar surface area (TPSA) is 66.4 Å². The molecule has 7 heteroatoms.